The third kappa shape index (κ3) is 4.22. The Morgan fingerprint density at radius 2 is 2.05 bits per heavy atom. The van der Waals surface area contributed by atoms with Crippen molar-refractivity contribution < 1.29 is 4.74 Å². The lowest BCUT2D eigenvalue weighted by molar-refractivity contribution is 0.199. The first-order chi connectivity index (χ1) is 8.96. The molecule has 1 heterocycles. The topological polar surface area (TPSA) is 24.5 Å². The zero-order chi connectivity index (χ0) is 13.9. The summed E-state index contributed by atoms with van der Waals surface area (Å²) in [5.74, 6) is 1.06. The highest BCUT2D eigenvalue weighted by atomic mass is 16.5. The van der Waals surface area contributed by atoms with Gasteiger partial charge in [0.1, 0.15) is 11.9 Å². The van der Waals surface area contributed by atoms with Gasteiger partial charge < -0.3 is 15.0 Å². The lowest BCUT2D eigenvalue weighted by Gasteiger charge is -2.29. The first kappa shape index (κ1) is 14.4. The lowest BCUT2D eigenvalue weighted by Crippen LogP contribution is -2.40. The van der Waals surface area contributed by atoms with Crippen LogP contribution in [0.25, 0.3) is 0 Å². The van der Waals surface area contributed by atoms with Crippen molar-refractivity contribution in [2.45, 2.75) is 26.4 Å². The number of benzene rings is 1. The summed E-state index contributed by atoms with van der Waals surface area (Å²) in [7, 11) is 4.25. The molecule has 0 spiro atoms. The molecular weight excluding hydrogens is 236 g/mol. The van der Waals surface area contributed by atoms with Gasteiger partial charge in [0.2, 0.25) is 0 Å². The molecule has 0 saturated heterocycles. The molecular formula is C16H26N2O. The molecule has 0 saturated carbocycles. The Bertz CT molecular complexity index is 390. The molecule has 1 aliphatic heterocycles. The van der Waals surface area contributed by atoms with E-state index in [-0.39, 0.29) is 11.5 Å². The summed E-state index contributed by atoms with van der Waals surface area (Å²) in [4.78, 5) is 2.24. The molecule has 0 fully saturated rings. The van der Waals surface area contributed by atoms with Crippen molar-refractivity contribution >= 4 is 0 Å². The largest absolute Gasteiger partial charge is 0.488 e. The van der Waals surface area contributed by atoms with Crippen LogP contribution in [0.2, 0.25) is 0 Å². The van der Waals surface area contributed by atoms with Crippen LogP contribution in [0.4, 0.5) is 0 Å². The molecule has 2 rings (SSSR count). The van der Waals surface area contributed by atoms with Crippen LogP contribution in [-0.4, -0.2) is 44.7 Å². The summed E-state index contributed by atoms with van der Waals surface area (Å²) < 4.78 is 5.93. The summed E-state index contributed by atoms with van der Waals surface area (Å²) in [6.07, 6.45) is 1.31. The van der Waals surface area contributed by atoms with Gasteiger partial charge in [-0.2, -0.15) is 0 Å². The molecule has 0 aliphatic carbocycles. The van der Waals surface area contributed by atoms with Crippen molar-refractivity contribution in [3.63, 3.8) is 0 Å². The maximum absolute atomic E-state index is 5.93. The van der Waals surface area contributed by atoms with Gasteiger partial charge >= 0.3 is 0 Å². The highest BCUT2D eigenvalue weighted by Gasteiger charge is 2.23. The van der Waals surface area contributed by atoms with E-state index < -0.39 is 0 Å². The van der Waals surface area contributed by atoms with Crippen LogP contribution >= 0.6 is 0 Å². The summed E-state index contributed by atoms with van der Waals surface area (Å²) in [6.45, 7) is 7.62. The Labute approximate surface area is 116 Å². The van der Waals surface area contributed by atoms with Gasteiger partial charge in [-0.3, -0.25) is 0 Å². The van der Waals surface area contributed by atoms with Gasteiger partial charge in [-0.15, -0.1) is 0 Å². The third-order valence-electron chi connectivity index (χ3n) is 3.43. The third-order valence-corrected chi connectivity index (χ3v) is 3.43. The van der Waals surface area contributed by atoms with E-state index in [1.165, 1.54) is 5.56 Å². The standard InChI is InChI=1S/C16H26N2O/c1-16(2,12-18(3)4)11-17-10-14-9-13-7-5-6-8-15(13)19-14/h5-8,14,17H,9-12H2,1-4H3. The number of para-hydroxylation sites is 1. The van der Waals surface area contributed by atoms with Crippen LogP contribution in [0.1, 0.15) is 19.4 Å². The molecule has 3 nitrogen and oxygen atoms in total. The van der Waals surface area contributed by atoms with Crippen LogP contribution in [0.15, 0.2) is 24.3 Å². The highest BCUT2D eigenvalue weighted by Crippen LogP contribution is 2.27. The molecule has 1 N–H and O–H groups in total. The van der Waals surface area contributed by atoms with Crippen LogP contribution < -0.4 is 10.1 Å². The molecule has 106 valence electrons. The van der Waals surface area contributed by atoms with Crippen molar-refractivity contribution in [3.05, 3.63) is 29.8 Å². The average Bonchev–Trinajstić information content (AvgIpc) is 2.69. The predicted octanol–water partition coefficient (Wildman–Crippen LogP) is 2.17. The van der Waals surface area contributed by atoms with Crippen LogP contribution in [0.5, 0.6) is 5.75 Å². The summed E-state index contributed by atoms with van der Waals surface area (Å²) >= 11 is 0. The van der Waals surface area contributed by atoms with E-state index in [2.05, 4.69) is 56.4 Å². The van der Waals surface area contributed by atoms with Gasteiger partial charge in [-0.25, -0.2) is 0 Å². The number of hydrogen-bond acceptors (Lipinski definition) is 3. The van der Waals surface area contributed by atoms with Crippen LogP contribution in [0, 0.1) is 5.41 Å². The Morgan fingerprint density at radius 1 is 1.32 bits per heavy atom. The monoisotopic (exact) mass is 262 g/mol. The predicted molar refractivity (Wildman–Crippen MR) is 79.8 cm³/mol. The number of ether oxygens (including phenoxy) is 1. The number of nitrogens with one attached hydrogen (secondary N) is 1. The van der Waals surface area contributed by atoms with E-state index in [4.69, 9.17) is 4.74 Å². The van der Waals surface area contributed by atoms with Gasteiger partial charge in [0.05, 0.1) is 0 Å². The molecule has 1 aromatic rings. The lowest BCUT2D eigenvalue weighted by atomic mass is 9.93. The SMILES string of the molecule is CN(C)CC(C)(C)CNCC1Cc2ccccc2O1. The molecule has 3 heteroatoms. The second-order valence-electron chi connectivity index (χ2n) is 6.58. The number of fused-ring (bicyclic) bond motifs is 1. The van der Waals surface area contributed by atoms with Gasteiger partial charge in [0, 0.05) is 26.1 Å². The average molecular weight is 262 g/mol. The van der Waals surface area contributed by atoms with E-state index in [1.807, 2.05) is 6.07 Å². The molecule has 0 radical (unpaired) electrons. The smallest absolute Gasteiger partial charge is 0.123 e. The Morgan fingerprint density at radius 3 is 2.74 bits per heavy atom. The van der Waals surface area contributed by atoms with E-state index in [0.29, 0.717) is 0 Å². The minimum atomic E-state index is 0.285. The van der Waals surface area contributed by atoms with Crippen LogP contribution in [-0.2, 0) is 6.42 Å². The second-order valence-corrected chi connectivity index (χ2v) is 6.58. The molecule has 1 unspecified atom stereocenters. The minimum Gasteiger partial charge on any atom is -0.488 e. The Hall–Kier alpha value is -1.06. The normalized spacial score (nSPS) is 18.5. The van der Waals surface area contributed by atoms with Gasteiger partial charge in [0.15, 0.2) is 0 Å². The van der Waals surface area contributed by atoms with E-state index in [1.54, 1.807) is 0 Å². The van der Waals surface area contributed by atoms with Crippen LogP contribution in [0.3, 0.4) is 0 Å². The first-order valence-electron chi connectivity index (χ1n) is 7.06. The fraction of sp³-hybridized carbons (Fsp3) is 0.625. The quantitative estimate of drug-likeness (QED) is 0.850. The van der Waals surface area contributed by atoms with E-state index >= 15 is 0 Å². The maximum atomic E-state index is 5.93. The van der Waals surface area contributed by atoms with E-state index in [0.717, 1.165) is 31.8 Å². The number of nitrogens with zero attached hydrogens (tertiary/aromatic N) is 1. The van der Waals surface area contributed by atoms with E-state index in [9.17, 15) is 0 Å². The number of rotatable bonds is 6. The van der Waals surface area contributed by atoms with Gasteiger partial charge in [-0.1, -0.05) is 32.0 Å². The molecule has 1 atom stereocenters. The Kier molecular flexibility index (Phi) is 4.48. The fourth-order valence-electron chi connectivity index (χ4n) is 2.85. The van der Waals surface area contributed by atoms with Crippen molar-refractivity contribution in [1.82, 2.24) is 10.2 Å². The highest BCUT2D eigenvalue weighted by molar-refractivity contribution is 5.37. The minimum absolute atomic E-state index is 0.285. The fourth-order valence-corrected chi connectivity index (χ4v) is 2.85. The molecule has 0 amide bonds. The summed E-state index contributed by atoms with van der Waals surface area (Å²) in [5, 5.41) is 3.56. The summed E-state index contributed by atoms with van der Waals surface area (Å²) in [5.41, 5.74) is 1.62. The molecule has 0 aromatic heterocycles. The molecule has 1 aliphatic rings. The zero-order valence-corrected chi connectivity index (χ0v) is 12.6. The molecule has 0 bridgehead atoms. The first-order valence-corrected chi connectivity index (χ1v) is 7.06. The van der Waals surface area contributed by atoms with Crippen molar-refractivity contribution in [3.8, 4) is 5.75 Å². The van der Waals surface area contributed by atoms with Crippen molar-refractivity contribution in [2.24, 2.45) is 5.41 Å². The Balaban J connectivity index is 1.74. The van der Waals surface area contributed by atoms with Gasteiger partial charge in [0.25, 0.3) is 0 Å². The summed E-state index contributed by atoms with van der Waals surface area (Å²) in [6, 6.07) is 8.34. The van der Waals surface area contributed by atoms with Crippen molar-refractivity contribution in [1.29, 1.82) is 0 Å². The van der Waals surface area contributed by atoms with Gasteiger partial charge in [-0.05, 0) is 31.1 Å². The maximum Gasteiger partial charge on any atom is 0.123 e. The van der Waals surface area contributed by atoms with Crippen molar-refractivity contribution in [2.75, 3.05) is 33.7 Å². The second kappa shape index (κ2) is 5.93. The zero-order valence-electron chi connectivity index (χ0n) is 12.6. The molecule has 1 aromatic carbocycles. The number of hydrogen-bond donors (Lipinski definition) is 1. The molecule has 19 heavy (non-hydrogen) atoms.